The van der Waals surface area contributed by atoms with Crippen molar-refractivity contribution in [1.29, 1.82) is 0 Å². The molecule has 2 N–H and O–H groups in total. The summed E-state index contributed by atoms with van der Waals surface area (Å²) in [5.41, 5.74) is 5.94. The van der Waals surface area contributed by atoms with E-state index in [-0.39, 0.29) is 6.04 Å². The Morgan fingerprint density at radius 3 is 2.76 bits per heavy atom. The van der Waals surface area contributed by atoms with Crippen LogP contribution in [0.2, 0.25) is 0 Å². The predicted molar refractivity (Wildman–Crippen MR) is 84.4 cm³/mol. The average molecular weight is 282 g/mol. The van der Waals surface area contributed by atoms with Gasteiger partial charge in [-0.3, -0.25) is 4.98 Å². The average Bonchev–Trinajstić information content (AvgIpc) is 2.80. The Morgan fingerprint density at radius 1 is 1.19 bits per heavy atom. The number of benzene rings is 1. The summed E-state index contributed by atoms with van der Waals surface area (Å²) in [4.78, 5) is 4.43. The fourth-order valence-electron chi connectivity index (χ4n) is 3.45. The van der Waals surface area contributed by atoms with Crippen molar-refractivity contribution in [2.45, 2.75) is 45.7 Å². The third kappa shape index (κ3) is 2.54. The van der Waals surface area contributed by atoms with E-state index < -0.39 is 0 Å². The van der Waals surface area contributed by atoms with Crippen LogP contribution in [0.3, 0.4) is 0 Å². The fourth-order valence-corrected chi connectivity index (χ4v) is 3.45. The zero-order valence-corrected chi connectivity index (χ0v) is 12.9. The molecular formula is C18H22N2O. The number of nitrogens with zero attached hydrogens (tertiary/aromatic N) is 1. The van der Waals surface area contributed by atoms with E-state index in [1.165, 1.54) is 16.7 Å². The Hall–Kier alpha value is -1.87. The van der Waals surface area contributed by atoms with Crippen molar-refractivity contribution in [1.82, 2.24) is 10.3 Å². The van der Waals surface area contributed by atoms with Crippen LogP contribution >= 0.6 is 0 Å². The third-order valence-corrected chi connectivity index (χ3v) is 4.55. The molecule has 2 unspecified atom stereocenters. The Kier molecular flexibility index (Phi) is 3.68. The zero-order chi connectivity index (χ0) is 15.0. The Morgan fingerprint density at radius 2 is 2.00 bits per heavy atom. The molecule has 0 saturated heterocycles. The van der Waals surface area contributed by atoms with Crippen LogP contribution in [0.4, 0.5) is 0 Å². The van der Waals surface area contributed by atoms with Gasteiger partial charge in [0.2, 0.25) is 0 Å². The highest BCUT2D eigenvalue weighted by Crippen LogP contribution is 2.45. The van der Waals surface area contributed by atoms with Gasteiger partial charge in [0.25, 0.3) is 0 Å². The highest BCUT2D eigenvalue weighted by Gasteiger charge is 2.31. The van der Waals surface area contributed by atoms with E-state index in [0.717, 1.165) is 24.2 Å². The molecule has 0 radical (unpaired) electrons. The van der Waals surface area contributed by atoms with E-state index in [4.69, 9.17) is 0 Å². The molecule has 0 fully saturated rings. The van der Waals surface area contributed by atoms with Gasteiger partial charge in [-0.25, -0.2) is 0 Å². The van der Waals surface area contributed by atoms with Gasteiger partial charge in [-0.1, -0.05) is 19.1 Å². The summed E-state index contributed by atoms with van der Waals surface area (Å²) in [6, 6.07) is 8.07. The highest BCUT2D eigenvalue weighted by atomic mass is 16.3. The number of aryl methyl sites for hydroxylation is 2. The molecule has 1 aromatic heterocycles. The lowest BCUT2D eigenvalue weighted by Crippen LogP contribution is -2.20. The first kappa shape index (κ1) is 14.1. The van der Waals surface area contributed by atoms with Gasteiger partial charge >= 0.3 is 0 Å². The minimum atomic E-state index is 0.205. The second-order valence-corrected chi connectivity index (χ2v) is 6.07. The number of aromatic hydroxyl groups is 1. The Labute approximate surface area is 126 Å². The minimum Gasteiger partial charge on any atom is -0.508 e. The molecule has 1 heterocycles. The van der Waals surface area contributed by atoms with Crippen LogP contribution < -0.4 is 5.32 Å². The minimum absolute atomic E-state index is 0.205. The van der Waals surface area contributed by atoms with E-state index in [1.54, 1.807) is 0 Å². The molecule has 0 aliphatic heterocycles. The normalized spacial score (nSPS) is 20.5. The number of phenolic OH excluding ortho intramolecular Hbond substituents is 1. The summed E-state index contributed by atoms with van der Waals surface area (Å²) < 4.78 is 0. The molecular weight excluding hydrogens is 260 g/mol. The van der Waals surface area contributed by atoms with E-state index in [2.05, 4.69) is 37.1 Å². The van der Waals surface area contributed by atoms with E-state index >= 15 is 0 Å². The molecule has 0 bridgehead atoms. The lowest BCUT2D eigenvalue weighted by molar-refractivity contribution is 0.444. The monoisotopic (exact) mass is 282 g/mol. The van der Waals surface area contributed by atoms with Crippen molar-refractivity contribution < 1.29 is 5.11 Å². The molecule has 1 aromatic carbocycles. The predicted octanol–water partition coefficient (Wildman–Crippen LogP) is 3.74. The maximum Gasteiger partial charge on any atom is 0.120 e. The van der Waals surface area contributed by atoms with Gasteiger partial charge in [-0.05, 0) is 55.0 Å². The summed E-state index contributed by atoms with van der Waals surface area (Å²) >= 11 is 0. The lowest BCUT2D eigenvalue weighted by Gasteiger charge is -2.16. The number of phenols is 1. The first-order valence-corrected chi connectivity index (χ1v) is 7.54. The molecule has 3 nitrogen and oxygen atoms in total. The fraction of sp³-hybridized carbons (Fsp3) is 0.389. The summed E-state index contributed by atoms with van der Waals surface area (Å²) in [6.45, 7) is 7.17. The van der Waals surface area contributed by atoms with Crippen LogP contribution in [0, 0.1) is 13.8 Å². The number of rotatable bonds is 3. The van der Waals surface area contributed by atoms with E-state index in [9.17, 15) is 5.11 Å². The van der Waals surface area contributed by atoms with Crippen LogP contribution in [0.25, 0.3) is 0 Å². The molecule has 3 rings (SSSR count). The molecule has 1 aliphatic carbocycles. The second kappa shape index (κ2) is 5.49. The molecule has 110 valence electrons. The molecule has 0 saturated carbocycles. The number of aromatic nitrogens is 1. The van der Waals surface area contributed by atoms with Crippen LogP contribution in [0.5, 0.6) is 5.75 Å². The Bertz CT molecular complexity index is 666. The van der Waals surface area contributed by atoms with Crippen LogP contribution in [0.15, 0.2) is 30.5 Å². The number of nitrogens with one attached hydrogen (secondary N) is 1. The molecule has 3 heteroatoms. The van der Waals surface area contributed by atoms with Gasteiger partial charge in [0.05, 0.1) is 5.69 Å². The van der Waals surface area contributed by atoms with Crippen molar-refractivity contribution in [3.05, 3.63) is 58.4 Å². The van der Waals surface area contributed by atoms with Gasteiger partial charge in [0, 0.05) is 24.3 Å². The molecule has 2 aromatic rings. The maximum atomic E-state index is 10.2. The van der Waals surface area contributed by atoms with Crippen molar-refractivity contribution in [2.24, 2.45) is 0 Å². The highest BCUT2D eigenvalue weighted by molar-refractivity contribution is 5.50. The zero-order valence-electron chi connectivity index (χ0n) is 12.9. The summed E-state index contributed by atoms with van der Waals surface area (Å²) in [6.07, 6.45) is 2.86. The van der Waals surface area contributed by atoms with Gasteiger partial charge in [-0.2, -0.15) is 0 Å². The summed E-state index contributed by atoms with van der Waals surface area (Å²) in [7, 11) is 0. The number of fused-ring (bicyclic) bond motifs is 1. The van der Waals surface area contributed by atoms with Crippen LogP contribution in [-0.2, 0) is 6.54 Å². The second-order valence-electron chi connectivity index (χ2n) is 6.07. The van der Waals surface area contributed by atoms with Crippen LogP contribution in [-0.4, -0.2) is 10.1 Å². The lowest BCUT2D eigenvalue weighted by atomic mass is 9.97. The first-order valence-electron chi connectivity index (χ1n) is 7.54. The quantitative estimate of drug-likeness (QED) is 0.901. The topological polar surface area (TPSA) is 45.2 Å². The first-order chi connectivity index (χ1) is 10.1. The van der Waals surface area contributed by atoms with Gasteiger partial charge in [-0.15, -0.1) is 0 Å². The van der Waals surface area contributed by atoms with Gasteiger partial charge in [0.1, 0.15) is 5.75 Å². The van der Waals surface area contributed by atoms with Crippen molar-refractivity contribution in [3.8, 4) is 5.75 Å². The van der Waals surface area contributed by atoms with Crippen molar-refractivity contribution in [3.63, 3.8) is 0 Å². The molecule has 2 atom stereocenters. The van der Waals surface area contributed by atoms with Crippen molar-refractivity contribution in [2.75, 3.05) is 0 Å². The van der Waals surface area contributed by atoms with Gasteiger partial charge < -0.3 is 10.4 Å². The van der Waals surface area contributed by atoms with E-state index in [0.29, 0.717) is 11.7 Å². The largest absolute Gasteiger partial charge is 0.508 e. The van der Waals surface area contributed by atoms with Crippen LogP contribution in [0.1, 0.15) is 53.3 Å². The summed E-state index contributed by atoms with van der Waals surface area (Å²) in [5.74, 6) is 0.893. The maximum absolute atomic E-state index is 10.2. The van der Waals surface area contributed by atoms with Crippen molar-refractivity contribution >= 4 is 0 Å². The third-order valence-electron chi connectivity index (χ3n) is 4.55. The number of hydrogen-bond donors (Lipinski definition) is 2. The molecule has 1 aliphatic rings. The summed E-state index contributed by atoms with van der Waals surface area (Å²) in [5, 5.41) is 13.8. The number of pyridine rings is 1. The SMILES string of the molecule is Cc1cccnc1CNC1CC(C)c2c(C)ccc(O)c21. The smallest absolute Gasteiger partial charge is 0.120 e. The van der Waals surface area contributed by atoms with E-state index in [1.807, 2.05) is 24.4 Å². The molecule has 21 heavy (non-hydrogen) atoms. The standard InChI is InChI=1S/C18H22N2O/c1-11-5-4-8-19-15(11)10-20-14-9-13(3)17-12(2)6-7-16(21)18(14)17/h4-8,13-14,20-21H,9-10H2,1-3H3. The number of hydrogen-bond acceptors (Lipinski definition) is 3. The Balaban J connectivity index is 1.84. The molecule has 0 amide bonds. The molecule has 0 spiro atoms. The van der Waals surface area contributed by atoms with Gasteiger partial charge in [0.15, 0.2) is 0 Å².